The average Bonchev–Trinajstić information content (AvgIpc) is 2.66. The lowest BCUT2D eigenvalue weighted by Gasteiger charge is -2.21. The van der Waals surface area contributed by atoms with Crippen LogP contribution in [0.3, 0.4) is 0 Å². The number of nitrogens with zero attached hydrogens (tertiary/aromatic N) is 1. The molecule has 0 saturated heterocycles. The van der Waals surface area contributed by atoms with E-state index in [0.29, 0.717) is 5.92 Å². The Morgan fingerprint density at radius 2 is 1.65 bits per heavy atom. The second-order valence-electron chi connectivity index (χ2n) is 6.59. The van der Waals surface area contributed by atoms with E-state index in [1.807, 2.05) is 12.1 Å². The predicted molar refractivity (Wildman–Crippen MR) is 95.0 cm³/mol. The summed E-state index contributed by atoms with van der Waals surface area (Å²) in [6, 6.07) is 13.3. The van der Waals surface area contributed by atoms with Gasteiger partial charge in [0, 0.05) is 11.1 Å². The lowest BCUT2D eigenvalue weighted by molar-refractivity contribution is -0.138. The van der Waals surface area contributed by atoms with Crippen molar-refractivity contribution >= 4 is 6.21 Å². The largest absolute Gasteiger partial charge is 0.416 e. The van der Waals surface area contributed by atoms with E-state index < -0.39 is 11.7 Å². The van der Waals surface area contributed by atoms with Crippen molar-refractivity contribution < 1.29 is 18.0 Å². The Labute approximate surface area is 151 Å². The normalized spacial score (nSPS) is 16.1. The van der Waals surface area contributed by atoms with Gasteiger partial charge in [-0.15, -0.1) is 0 Å². The van der Waals surface area contributed by atoms with Crippen molar-refractivity contribution in [3.8, 4) is 0 Å². The summed E-state index contributed by atoms with van der Waals surface area (Å²) in [5, 5.41) is 3.68. The van der Waals surface area contributed by atoms with Crippen LogP contribution < -0.4 is 0 Å². The molecule has 1 radical (unpaired) electrons. The summed E-state index contributed by atoms with van der Waals surface area (Å²) in [6.45, 7) is -0.247. The van der Waals surface area contributed by atoms with Crippen molar-refractivity contribution in [2.45, 2.75) is 50.8 Å². The minimum Gasteiger partial charge on any atom is -0.390 e. The third kappa shape index (κ3) is 4.87. The van der Waals surface area contributed by atoms with Gasteiger partial charge in [0.2, 0.25) is 0 Å². The van der Waals surface area contributed by atoms with Crippen molar-refractivity contribution in [1.82, 2.24) is 0 Å². The smallest absolute Gasteiger partial charge is 0.390 e. The number of rotatable bonds is 5. The fourth-order valence-corrected chi connectivity index (χ4v) is 3.38. The lowest BCUT2D eigenvalue weighted by atomic mass is 9.84. The van der Waals surface area contributed by atoms with E-state index in [9.17, 15) is 13.2 Å². The fraction of sp³-hybridized carbons (Fsp3) is 0.381. The van der Waals surface area contributed by atoms with Gasteiger partial charge in [0.05, 0.1) is 5.56 Å². The average molecular weight is 360 g/mol. The second-order valence-corrected chi connectivity index (χ2v) is 6.59. The highest BCUT2D eigenvalue weighted by Crippen LogP contribution is 2.33. The molecule has 2 aromatic rings. The molecule has 1 aliphatic carbocycles. The highest BCUT2D eigenvalue weighted by molar-refractivity contribution is 5.79. The van der Waals surface area contributed by atoms with Crippen LogP contribution in [0.2, 0.25) is 0 Å². The van der Waals surface area contributed by atoms with Gasteiger partial charge in [-0.1, -0.05) is 66.9 Å². The van der Waals surface area contributed by atoms with Crippen LogP contribution in [0.4, 0.5) is 13.2 Å². The molecule has 0 atom stereocenters. The monoisotopic (exact) mass is 360 g/mol. The second kappa shape index (κ2) is 8.39. The predicted octanol–water partition coefficient (Wildman–Crippen LogP) is 6.18. The van der Waals surface area contributed by atoms with Crippen LogP contribution in [0.15, 0.2) is 53.7 Å². The quantitative estimate of drug-likeness (QED) is 0.461. The van der Waals surface area contributed by atoms with E-state index in [0.717, 1.165) is 11.6 Å². The summed E-state index contributed by atoms with van der Waals surface area (Å²) in [4.78, 5) is 5.02. The third-order valence-corrected chi connectivity index (χ3v) is 4.77. The van der Waals surface area contributed by atoms with Crippen molar-refractivity contribution in [2.75, 3.05) is 0 Å². The minimum absolute atomic E-state index is 0.0539. The first kappa shape index (κ1) is 18.5. The van der Waals surface area contributed by atoms with Crippen molar-refractivity contribution in [3.05, 3.63) is 70.8 Å². The standard InChI is InChI=1S/C21H21F3NO/c22-21(23,24)20-9-5-4-8-19(20)15-26-25-14-16-10-12-18(13-11-16)17-6-2-1-3-7-17/h4-5,8-13,17H,1-3,6-7,15H2. The molecule has 0 spiro atoms. The zero-order valence-corrected chi connectivity index (χ0v) is 14.4. The highest BCUT2D eigenvalue weighted by Gasteiger charge is 2.32. The molecular formula is C21H21F3NO. The lowest BCUT2D eigenvalue weighted by Crippen LogP contribution is -2.09. The van der Waals surface area contributed by atoms with Crippen LogP contribution in [-0.2, 0) is 17.6 Å². The SMILES string of the molecule is FC(F)(F)c1ccccc1CO/N=[C]\c1ccc(C2CCCCC2)cc1. The van der Waals surface area contributed by atoms with E-state index in [-0.39, 0.29) is 12.2 Å². The number of halogens is 3. The summed E-state index contributed by atoms with van der Waals surface area (Å²) in [5.41, 5.74) is 1.43. The van der Waals surface area contributed by atoms with Gasteiger partial charge >= 0.3 is 6.18 Å². The summed E-state index contributed by atoms with van der Waals surface area (Å²) in [5.74, 6) is 0.629. The maximum Gasteiger partial charge on any atom is 0.416 e. The van der Waals surface area contributed by atoms with Gasteiger partial charge in [0.1, 0.15) is 12.8 Å². The summed E-state index contributed by atoms with van der Waals surface area (Å²) >= 11 is 0. The summed E-state index contributed by atoms with van der Waals surface area (Å²) < 4.78 is 38.7. The van der Waals surface area contributed by atoms with Crippen LogP contribution in [0.25, 0.3) is 0 Å². The van der Waals surface area contributed by atoms with Gasteiger partial charge in [-0.2, -0.15) is 13.2 Å². The maximum atomic E-state index is 12.9. The zero-order valence-electron chi connectivity index (χ0n) is 14.4. The Morgan fingerprint density at radius 3 is 2.35 bits per heavy atom. The maximum absolute atomic E-state index is 12.9. The molecule has 0 heterocycles. The first-order chi connectivity index (χ1) is 12.5. The Bertz CT molecular complexity index is 732. The minimum atomic E-state index is -4.40. The molecule has 1 saturated carbocycles. The molecule has 0 bridgehead atoms. The third-order valence-electron chi connectivity index (χ3n) is 4.77. The highest BCUT2D eigenvalue weighted by atomic mass is 19.4. The Kier molecular flexibility index (Phi) is 5.96. The molecule has 0 unspecified atom stereocenters. The zero-order chi connectivity index (χ0) is 18.4. The number of benzene rings is 2. The van der Waals surface area contributed by atoms with Gasteiger partial charge in [0.15, 0.2) is 0 Å². The first-order valence-electron chi connectivity index (χ1n) is 8.87. The fourth-order valence-electron chi connectivity index (χ4n) is 3.38. The van der Waals surface area contributed by atoms with E-state index in [2.05, 4.69) is 23.5 Å². The van der Waals surface area contributed by atoms with E-state index >= 15 is 0 Å². The van der Waals surface area contributed by atoms with E-state index in [1.165, 1.54) is 49.8 Å². The van der Waals surface area contributed by atoms with Crippen LogP contribution in [0.1, 0.15) is 60.3 Å². The molecule has 5 heteroatoms. The molecule has 2 nitrogen and oxygen atoms in total. The van der Waals surface area contributed by atoms with E-state index in [1.54, 1.807) is 6.07 Å². The van der Waals surface area contributed by atoms with E-state index in [4.69, 9.17) is 4.84 Å². The summed E-state index contributed by atoms with van der Waals surface area (Å²) in [6.07, 6.45) is 4.69. The van der Waals surface area contributed by atoms with Crippen LogP contribution in [0.5, 0.6) is 0 Å². The van der Waals surface area contributed by atoms with Crippen LogP contribution in [-0.4, -0.2) is 6.21 Å². The molecule has 0 N–H and O–H groups in total. The van der Waals surface area contributed by atoms with Gasteiger partial charge in [0.25, 0.3) is 0 Å². The summed E-state index contributed by atoms with van der Waals surface area (Å²) in [7, 11) is 0. The Balaban J connectivity index is 1.56. The molecule has 26 heavy (non-hydrogen) atoms. The Hall–Kier alpha value is -2.30. The molecule has 0 aliphatic heterocycles. The van der Waals surface area contributed by atoms with Gasteiger partial charge < -0.3 is 4.84 Å². The van der Waals surface area contributed by atoms with Crippen molar-refractivity contribution in [1.29, 1.82) is 0 Å². The van der Waals surface area contributed by atoms with Gasteiger partial charge in [-0.3, -0.25) is 0 Å². The molecule has 0 amide bonds. The molecule has 1 fully saturated rings. The van der Waals surface area contributed by atoms with Crippen molar-refractivity contribution in [3.63, 3.8) is 0 Å². The van der Waals surface area contributed by atoms with Gasteiger partial charge in [-0.05, 0) is 30.4 Å². The Morgan fingerprint density at radius 1 is 0.962 bits per heavy atom. The number of hydrogen-bond acceptors (Lipinski definition) is 2. The van der Waals surface area contributed by atoms with Crippen LogP contribution in [0, 0.1) is 0 Å². The molecular weight excluding hydrogens is 339 g/mol. The first-order valence-corrected chi connectivity index (χ1v) is 8.87. The molecule has 3 rings (SSSR count). The topological polar surface area (TPSA) is 21.6 Å². The number of alkyl halides is 3. The molecule has 137 valence electrons. The molecule has 2 aromatic carbocycles. The number of hydrogen-bond donors (Lipinski definition) is 0. The molecule has 1 aliphatic rings. The van der Waals surface area contributed by atoms with Crippen LogP contribution >= 0.6 is 0 Å². The van der Waals surface area contributed by atoms with Gasteiger partial charge in [-0.25, -0.2) is 0 Å². The van der Waals surface area contributed by atoms with Crippen molar-refractivity contribution in [2.24, 2.45) is 5.16 Å². The molecule has 0 aromatic heterocycles.